The van der Waals surface area contributed by atoms with E-state index < -0.39 is 0 Å². The summed E-state index contributed by atoms with van der Waals surface area (Å²) in [6.07, 6.45) is 9.42. The molecule has 4 heteroatoms. The highest BCUT2D eigenvalue weighted by Crippen LogP contribution is 2.33. The first-order valence-electron chi connectivity index (χ1n) is 12.6. The number of hydrogen-bond donors (Lipinski definition) is 0. The quantitative estimate of drug-likeness (QED) is 0.621. The van der Waals surface area contributed by atoms with Crippen LogP contribution in [0.1, 0.15) is 55.2 Å². The highest BCUT2D eigenvalue weighted by atomic mass is 16.2. The molecule has 2 aromatic rings. The Morgan fingerprint density at radius 2 is 1.85 bits per heavy atom. The number of rotatable bonds is 5. The van der Waals surface area contributed by atoms with Gasteiger partial charge in [-0.05, 0) is 98.8 Å². The number of benzene rings is 2. The van der Waals surface area contributed by atoms with Gasteiger partial charge in [-0.3, -0.25) is 9.59 Å². The number of nitrogens with zero attached hydrogens (tertiary/aromatic N) is 2. The second-order valence-corrected chi connectivity index (χ2v) is 9.97. The third kappa shape index (κ3) is 4.90. The lowest BCUT2D eigenvalue weighted by Crippen LogP contribution is -2.33. The average molecular weight is 443 g/mol. The molecule has 1 fully saturated rings. The van der Waals surface area contributed by atoms with E-state index in [1.165, 1.54) is 41.6 Å². The summed E-state index contributed by atoms with van der Waals surface area (Å²) in [5, 5.41) is 0. The fraction of sp³-hybridized carbons (Fsp3) is 0.448. The first kappa shape index (κ1) is 21.9. The van der Waals surface area contributed by atoms with Gasteiger partial charge in [0.2, 0.25) is 0 Å². The molecule has 0 aromatic heterocycles. The number of carbonyl (C=O) groups is 2. The van der Waals surface area contributed by atoms with Crippen molar-refractivity contribution in [2.45, 2.75) is 58.3 Å². The molecule has 1 saturated heterocycles. The third-order valence-corrected chi connectivity index (χ3v) is 7.59. The molecular weight excluding hydrogens is 408 g/mol. The number of hydrogen-bond acceptors (Lipinski definition) is 3. The number of carbonyl (C=O) groups excluding carboxylic acids is 2. The third-order valence-electron chi connectivity index (χ3n) is 7.59. The fourth-order valence-corrected chi connectivity index (χ4v) is 5.63. The van der Waals surface area contributed by atoms with Crippen molar-refractivity contribution < 1.29 is 9.59 Å². The van der Waals surface area contributed by atoms with Crippen molar-refractivity contribution in [1.82, 2.24) is 0 Å². The van der Waals surface area contributed by atoms with Crippen LogP contribution in [0.4, 0.5) is 11.4 Å². The lowest BCUT2D eigenvalue weighted by Gasteiger charge is -2.34. The number of anilines is 2. The van der Waals surface area contributed by atoms with Crippen LogP contribution in [0.15, 0.2) is 54.1 Å². The molecule has 5 rings (SSSR count). The van der Waals surface area contributed by atoms with Crippen LogP contribution >= 0.6 is 0 Å². The number of ketones is 1. The monoisotopic (exact) mass is 442 g/mol. The van der Waals surface area contributed by atoms with E-state index in [1.807, 2.05) is 4.90 Å². The van der Waals surface area contributed by atoms with Crippen molar-refractivity contribution in [3.63, 3.8) is 0 Å². The molecule has 0 radical (unpaired) electrons. The van der Waals surface area contributed by atoms with Crippen LogP contribution in [0.5, 0.6) is 0 Å². The zero-order valence-corrected chi connectivity index (χ0v) is 19.7. The van der Waals surface area contributed by atoms with Crippen molar-refractivity contribution in [2.75, 3.05) is 29.4 Å². The fourth-order valence-electron chi connectivity index (χ4n) is 5.63. The Morgan fingerprint density at radius 1 is 1.00 bits per heavy atom. The van der Waals surface area contributed by atoms with Crippen LogP contribution in [0.2, 0.25) is 0 Å². The van der Waals surface area contributed by atoms with Gasteiger partial charge in [-0.15, -0.1) is 0 Å². The summed E-state index contributed by atoms with van der Waals surface area (Å²) >= 11 is 0. The predicted octanol–water partition coefficient (Wildman–Crippen LogP) is 5.41. The molecule has 0 bridgehead atoms. The van der Waals surface area contributed by atoms with E-state index in [4.69, 9.17) is 0 Å². The van der Waals surface area contributed by atoms with Crippen molar-refractivity contribution in [2.24, 2.45) is 5.92 Å². The van der Waals surface area contributed by atoms with Crippen molar-refractivity contribution in [3.05, 3.63) is 70.8 Å². The topological polar surface area (TPSA) is 40.6 Å². The molecule has 33 heavy (non-hydrogen) atoms. The van der Waals surface area contributed by atoms with Crippen LogP contribution in [0.3, 0.4) is 0 Å². The number of piperidine rings is 1. The van der Waals surface area contributed by atoms with E-state index in [1.54, 1.807) is 6.08 Å². The Balaban J connectivity index is 1.16. The number of allylic oxidation sites excluding steroid dienone is 1. The first-order chi connectivity index (χ1) is 16.1. The van der Waals surface area contributed by atoms with E-state index in [9.17, 15) is 9.59 Å². The molecule has 1 amide bonds. The summed E-state index contributed by atoms with van der Waals surface area (Å²) in [4.78, 5) is 29.1. The molecule has 0 saturated carbocycles. The van der Waals surface area contributed by atoms with Crippen molar-refractivity contribution in [3.8, 4) is 0 Å². The Labute approximate surface area is 197 Å². The van der Waals surface area contributed by atoms with Crippen molar-refractivity contribution >= 4 is 23.1 Å². The minimum atomic E-state index is 0.0231. The SMILES string of the molecule is Cc1cccc(N2CCC(CCc3ccc4c(c3)CCN4C(=O)C3=CC(=O)CCC3)CC2)c1. The smallest absolute Gasteiger partial charge is 0.254 e. The minimum absolute atomic E-state index is 0.0231. The molecule has 2 heterocycles. The average Bonchev–Trinajstić information content (AvgIpc) is 3.26. The van der Waals surface area contributed by atoms with Gasteiger partial charge in [0.1, 0.15) is 0 Å². The standard InChI is InChI=1S/C29H34N2O2/c1-21-4-2-6-26(18-21)30-15-12-22(13-16-30)8-9-23-10-11-28-24(19-23)14-17-31(28)29(33)25-5-3-7-27(32)20-25/h2,4,6,10-11,18-20,22H,3,5,7-9,12-17H2,1H3. The summed E-state index contributed by atoms with van der Waals surface area (Å²) < 4.78 is 0. The highest BCUT2D eigenvalue weighted by Gasteiger charge is 2.28. The van der Waals surface area contributed by atoms with E-state index in [0.717, 1.165) is 56.9 Å². The Hall–Kier alpha value is -2.88. The second kappa shape index (κ2) is 9.54. The zero-order chi connectivity index (χ0) is 22.8. The number of amides is 1. The summed E-state index contributed by atoms with van der Waals surface area (Å²) in [6, 6.07) is 15.5. The van der Waals surface area contributed by atoms with Gasteiger partial charge in [0, 0.05) is 43.0 Å². The van der Waals surface area contributed by atoms with Gasteiger partial charge >= 0.3 is 0 Å². The minimum Gasteiger partial charge on any atom is -0.372 e. The lowest BCUT2D eigenvalue weighted by atomic mass is 9.90. The van der Waals surface area contributed by atoms with Gasteiger partial charge in [0.05, 0.1) is 0 Å². The van der Waals surface area contributed by atoms with E-state index in [0.29, 0.717) is 12.0 Å². The molecule has 0 N–H and O–H groups in total. The van der Waals surface area contributed by atoms with Crippen LogP contribution in [0, 0.1) is 12.8 Å². The number of aryl methyl sites for hydroxylation is 2. The maximum Gasteiger partial charge on any atom is 0.254 e. The molecule has 3 aliphatic rings. The van der Waals surface area contributed by atoms with Crippen LogP contribution in [-0.2, 0) is 22.4 Å². The first-order valence-corrected chi connectivity index (χ1v) is 12.6. The molecule has 1 aliphatic carbocycles. The summed E-state index contributed by atoms with van der Waals surface area (Å²) in [7, 11) is 0. The van der Waals surface area contributed by atoms with Gasteiger partial charge in [-0.25, -0.2) is 0 Å². The predicted molar refractivity (Wildman–Crippen MR) is 134 cm³/mol. The second-order valence-electron chi connectivity index (χ2n) is 9.97. The maximum atomic E-state index is 13.0. The van der Waals surface area contributed by atoms with Crippen LogP contribution in [-0.4, -0.2) is 31.3 Å². The molecule has 2 aliphatic heterocycles. The Bertz CT molecular complexity index is 1080. The number of fused-ring (bicyclic) bond motifs is 1. The van der Waals surface area contributed by atoms with E-state index in [-0.39, 0.29) is 11.7 Å². The molecule has 4 nitrogen and oxygen atoms in total. The molecule has 0 spiro atoms. The normalized spacial score (nSPS) is 18.9. The van der Waals surface area contributed by atoms with Gasteiger partial charge in [0.25, 0.3) is 5.91 Å². The van der Waals surface area contributed by atoms with E-state index in [2.05, 4.69) is 54.3 Å². The molecule has 172 valence electrons. The Morgan fingerprint density at radius 3 is 2.64 bits per heavy atom. The van der Waals surface area contributed by atoms with Gasteiger partial charge in [-0.2, -0.15) is 0 Å². The molecule has 0 unspecified atom stereocenters. The van der Waals surface area contributed by atoms with Crippen molar-refractivity contribution in [1.29, 1.82) is 0 Å². The molecule has 2 aromatic carbocycles. The molecular formula is C29H34N2O2. The van der Waals surface area contributed by atoms with Crippen LogP contribution < -0.4 is 9.80 Å². The zero-order valence-electron chi connectivity index (χ0n) is 19.7. The summed E-state index contributed by atoms with van der Waals surface area (Å²) in [5.41, 5.74) is 7.07. The van der Waals surface area contributed by atoms with Gasteiger partial charge in [-0.1, -0.05) is 24.3 Å². The van der Waals surface area contributed by atoms with Crippen LogP contribution in [0.25, 0.3) is 0 Å². The van der Waals surface area contributed by atoms with E-state index >= 15 is 0 Å². The highest BCUT2D eigenvalue weighted by molar-refractivity contribution is 6.10. The summed E-state index contributed by atoms with van der Waals surface area (Å²) in [5.74, 6) is 0.896. The maximum absolute atomic E-state index is 13.0. The summed E-state index contributed by atoms with van der Waals surface area (Å²) in [6.45, 7) is 5.18. The largest absolute Gasteiger partial charge is 0.372 e. The lowest BCUT2D eigenvalue weighted by molar-refractivity contribution is -0.118. The Kier molecular flexibility index (Phi) is 6.34. The molecule has 0 atom stereocenters. The van der Waals surface area contributed by atoms with Gasteiger partial charge in [0.15, 0.2) is 5.78 Å². The van der Waals surface area contributed by atoms with Gasteiger partial charge < -0.3 is 9.80 Å².